The van der Waals surface area contributed by atoms with Crippen molar-refractivity contribution in [1.29, 1.82) is 5.41 Å². The maximum absolute atomic E-state index is 10.6. The van der Waals surface area contributed by atoms with Crippen LogP contribution in [0.5, 0.6) is 0 Å². The second-order valence-electron chi connectivity index (χ2n) is 4.30. The summed E-state index contributed by atoms with van der Waals surface area (Å²) < 4.78 is 0. The molecule has 0 rings (SSSR count). The number of unbranched alkanes of at least 4 members (excludes halogenated alkanes) is 1. The largest absolute Gasteiger partial charge is 0.370 e. The number of amides is 1. The quantitative estimate of drug-likeness (QED) is 0.269. The molecule has 0 saturated carbocycles. The molecule has 5 nitrogen and oxygen atoms in total. The highest BCUT2D eigenvalue weighted by Gasteiger charge is 2.03. The van der Waals surface area contributed by atoms with Gasteiger partial charge in [0.2, 0.25) is 5.91 Å². The van der Waals surface area contributed by atoms with E-state index in [0.29, 0.717) is 13.1 Å². The Morgan fingerprint density at radius 2 is 2.00 bits per heavy atom. The van der Waals surface area contributed by atoms with Crippen LogP contribution in [0, 0.1) is 5.41 Å². The van der Waals surface area contributed by atoms with Crippen LogP contribution in [0.4, 0.5) is 0 Å². The summed E-state index contributed by atoms with van der Waals surface area (Å²) in [6.07, 6.45) is 3.86. The Morgan fingerprint density at radius 3 is 2.47 bits per heavy atom. The molecule has 5 heteroatoms. The molecule has 1 amide bonds. The lowest BCUT2D eigenvalue weighted by Gasteiger charge is -2.21. The van der Waals surface area contributed by atoms with Gasteiger partial charge in [-0.2, -0.15) is 0 Å². The highest BCUT2D eigenvalue weighted by Crippen LogP contribution is 1.97. The second-order valence-corrected chi connectivity index (χ2v) is 4.30. The monoisotopic (exact) mass is 240 g/mol. The van der Waals surface area contributed by atoms with E-state index in [1.54, 1.807) is 0 Å². The van der Waals surface area contributed by atoms with Gasteiger partial charge in [0.25, 0.3) is 0 Å². The third-order valence-corrected chi connectivity index (χ3v) is 2.29. The standard InChI is InChI=1S/C12H24N4O/c1-10(2)6-9-16(12(13)14)8-5-4-7-15-11(3)17/h6H,4-5,7-9H2,1-3H3,(H3,13,14)(H,15,17). The number of nitrogens with two attached hydrogens (primary N) is 1. The minimum Gasteiger partial charge on any atom is -0.370 e. The van der Waals surface area contributed by atoms with Crippen LogP contribution in [0.25, 0.3) is 0 Å². The van der Waals surface area contributed by atoms with Gasteiger partial charge in [-0.15, -0.1) is 0 Å². The number of rotatable bonds is 7. The summed E-state index contributed by atoms with van der Waals surface area (Å²) >= 11 is 0. The highest BCUT2D eigenvalue weighted by molar-refractivity contribution is 5.74. The van der Waals surface area contributed by atoms with E-state index in [2.05, 4.69) is 11.4 Å². The lowest BCUT2D eigenvalue weighted by atomic mass is 10.2. The minimum absolute atomic E-state index is 0.00188. The zero-order valence-corrected chi connectivity index (χ0v) is 11.0. The maximum Gasteiger partial charge on any atom is 0.216 e. The molecule has 98 valence electrons. The van der Waals surface area contributed by atoms with E-state index in [0.717, 1.165) is 19.4 Å². The first kappa shape index (κ1) is 15.5. The first-order valence-electron chi connectivity index (χ1n) is 5.90. The fourth-order valence-electron chi connectivity index (χ4n) is 1.29. The molecule has 0 aromatic carbocycles. The summed E-state index contributed by atoms with van der Waals surface area (Å²) in [7, 11) is 0. The van der Waals surface area contributed by atoms with Gasteiger partial charge >= 0.3 is 0 Å². The number of nitrogens with one attached hydrogen (secondary N) is 2. The third kappa shape index (κ3) is 9.41. The Bertz CT molecular complexity index is 282. The summed E-state index contributed by atoms with van der Waals surface area (Å²) in [4.78, 5) is 12.5. The van der Waals surface area contributed by atoms with Crippen LogP contribution in [0.3, 0.4) is 0 Å². The predicted molar refractivity (Wildman–Crippen MR) is 70.8 cm³/mol. The smallest absolute Gasteiger partial charge is 0.216 e. The van der Waals surface area contributed by atoms with Crippen LogP contribution in [-0.2, 0) is 4.79 Å². The zero-order chi connectivity index (χ0) is 13.3. The van der Waals surface area contributed by atoms with Gasteiger partial charge in [0.1, 0.15) is 0 Å². The van der Waals surface area contributed by atoms with Crippen molar-refractivity contribution in [1.82, 2.24) is 10.2 Å². The molecule has 0 aromatic heterocycles. The molecule has 0 fully saturated rings. The Kier molecular flexibility index (Phi) is 7.84. The molecule has 17 heavy (non-hydrogen) atoms. The molecule has 0 aliphatic carbocycles. The number of allylic oxidation sites excluding steroid dienone is 1. The van der Waals surface area contributed by atoms with Crippen molar-refractivity contribution in [2.45, 2.75) is 33.6 Å². The molecule has 0 aliphatic heterocycles. The Morgan fingerprint density at radius 1 is 1.35 bits per heavy atom. The number of nitrogens with zero attached hydrogens (tertiary/aromatic N) is 1. The average Bonchev–Trinajstić information content (AvgIpc) is 2.20. The summed E-state index contributed by atoms with van der Waals surface area (Å²) in [5.74, 6) is 0.0972. The molecule has 0 aliphatic rings. The van der Waals surface area contributed by atoms with Gasteiger partial charge in [0.15, 0.2) is 5.96 Å². The van der Waals surface area contributed by atoms with Gasteiger partial charge in [0.05, 0.1) is 0 Å². The average molecular weight is 240 g/mol. The maximum atomic E-state index is 10.6. The topological polar surface area (TPSA) is 82.2 Å². The predicted octanol–water partition coefficient (Wildman–Crippen LogP) is 1.06. The number of guanidine groups is 1. The molecule has 0 heterocycles. The van der Waals surface area contributed by atoms with Crippen LogP contribution in [0.15, 0.2) is 11.6 Å². The number of carbonyl (C=O) groups is 1. The molecule has 0 aromatic rings. The molecule has 0 atom stereocenters. The van der Waals surface area contributed by atoms with Crippen LogP contribution in [0.2, 0.25) is 0 Å². The highest BCUT2D eigenvalue weighted by atomic mass is 16.1. The van der Waals surface area contributed by atoms with Gasteiger partial charge in [-0.05, 0) is 26.7 Å². The summed E-state index contributed by atoms with van der Waals surface area (Å²) in [5, 5.41) is 10.2. The number of hydrogen-bond donors (Lipinski definition) is 3. The summed E-state index contributed by atoms with van der Waals surface area (Å²) in [5.41, 5.74) is 6.71. The normalized spacial score (nSPS) is 9.59. The summed E-state index contributed by atoms with van der Waals surface area (Å²) in [6.45, 7) is 7.67. The SMILES string of the molecule is CC(=O)NCCCCN(CC=C(C)C)C(=N)N. The van der Waals surface area contributed by atoms with E-state index < -0.39 is 0 Å². The lowest BCUT2D eigenvalue weighted by molar-refractivity contribution is -0.118. The first-order chi connectivity index (χ1) is 7.93. The Balaban J connectivity index is 3.82. The molecule has 0 bridgehead atoms. The second kappa shape index (κ2) is 8.61. The van der Waals surface area contributed by atoms with E-state index in [1.165, 1.54) is 12.5 Å². The van der Waals surface area contributed by atoms with Crippen LogP contribution in [-0.4, -0.2) is 36.4 Å². The van der Waals surface area contributed by atoms with E-state index in [4.69, 9.17) is 11.1 Å². The fraction of sp³-hybridized carbons (Fsp3) is 0.667. The van der Waals surface area contributed by atoms with Crippen LogP contribution < -0.4 is 11.1 Å². The molecule has 0 spiro atoms. The molecular weight excluding hydrogens is 216 g/mol. The number of hydrogen-bond acceptors (Lipinski definition) is 2. The van der Waals surface area contributed by atoms with Gasteiger partial charge < -0.3 is 16.0 Å². The Labute approximate surface area is 104 Å². The van der Waals surface area contributed by atoms with Crippen molar-refractivity contribution in [3.05, 3.63) is 11.6 Å². The van der Waals surface area contributed by atoms with Crippen LogP contribution in [0.1, 0.15) is 33.6 Å². The zero-order valence-electron chi connectivity index (χ0n) is 11.0. The van der Waals surface area contributed by atoms with Crippen molar-refractivity contribution in [2.75, 3.05) is 19.6 Å². The molecule has 0 saturated heterocycles. The summed E-state index contributed by atoms with van der Waals surface area (Å²) in [6, 6.07) is 0. The minimum atomic E-state index is -0.00188. The van der Waals surface area contributed by atoms with Gasteiger partial charge in [-0.1, -0.05) is 11.6 Å². The van der Waals surface area contributed by atoms with E-state index in [9.17, 15) is 4.79 Å². The Hall–Kier alpha value is -1.52. The molecule has 0 radical (unpaired) electrons. The van der Waals surface area contributed by atoms with Crippen molar-refractivity contribution in [3.63, 3.8) is 0 Å². The fourth-order valence-corrected chi connectivity index (χ4v) is 1.29. The van der Waals surface area contributed by atoms with Gasteiger partial charge in [-0.25, -0.2) is 0 Å². The number of carbonyl (C=O) groups excluding carboxylic acids is 1. The lowest BCUT2D eigenvalue weighted by Crippen LogP contribution is -2.37. The molecule has 0 unspecified atom stereocenters. The van der Waals surface area contributed by atoms with Crippen molar-refractivity contribution >= 4 is 11.9 Å². The van der Waals surface area contributed by atoms with E-state index >= 15 is 0 Å². The first-order valence-corrected chi connectivity index (χ1v) is 5.90. The molecular formula is C12H24N4O. The van der Waals surface area contributed by atoms with E-state index in [1.807, 2.05) is 18.7 Å². The van der Waals surface area contributed by atoms with Gasteiger partial charge in [-0.3, -0.25) is 10.2 Å². The van der Waals surface area contributed by atoms with E-state index in [-0.39, 0.29) is 11.9 Å². The van der Waals surface area contributed by atoms with Crippen LogP contribution >= 0.6 is 0 Å². The third-order valence-electron chi connectivity index (χ3n) is 2.29. The van der Waals surface area contributed by atoms with Crippen molar-refractivity contribution < 1.29 is 4.79 Å². The van der Waals surface area contributed by atoms with Gasteiger partial charge in [0, 0.05) is 26.6 Å². The van der Waals surface area contributed by atoms with Crippen molar-refractivity contribution in [3.8, 4) is 0 Å². The van der Waals surface area contributed by atoms with Crippen molar-refractivity contribution in [2.24, 2.45) is 5.73 Å². The molecule has 4 N–H and O–H groups in total.